The molecule has 0 radical (unpaired) electrons. The van der Waals surface area contributed by atoms with Crippen LogP contribution in [0.1, 0.15) is 17.2 Å². The van der Waals surface area contributed by atoms with Gasteiger partial charge in [0, 0.05) is 16.9 Å². The summed E-state index contributed by atoms with van der Waals surface area (Å²) >= 11 is 3.50. The molecule has 0 saturated carbocycles. The number of halogens is 1. The van der Waals surface area contributed by atoms with Gasteiger partial charge in [0.05, 0.1) is 6.04 Å². The zero-order chi connectivity index (χ0) is 10.8. The molecule has 0 aliphatic carbocycles. The van der Waals surface area contributed by atoms with E-state index in [0.29, 0.717) is 6.54 Å². The summed E-state index contributed by atoms with van der Waals surface area (Å²) in [5.41, 5.74) is 8.46. The van der Waals surface area contributed by atoms with Gasteiger partial charge in [-0.3, -0.25) is 5.43 Å². The van der Waals surface area contributed by atoms with Crippen molar-refractivity contribution in [2.75, 3.05) is 6.54 Å². The number of rotatable bonds is 2. The van der Waals surface area contributed by atoms with E-state index in [0.717, 1.165) is 16.3 Å². The van der Waals surface area contributed by atoms with Gasteiger partial charge in [0.2, 0.25) is 0 Å². The third kappa shape index (κ3) is 2.12. The van der Waals surface area contributed by atoms with Crippen molar-refractivity contribution in [3.63, 3.8) is 0 Å². The first-order valence-electron chi connectivity index (χ1n) is 4.92. The molecule has 0 spiro atoms. The average molecular weight is 269 g/mol. The number of nitrogens with one attached hydrogen (secondary N) is 2. The molecule has 1 aliphatic rings. The molecule has 2 N–H and O–H groups in total. The highest BCUT2D eigenvalue weighted by Crippen LogP contribution is 2.27. The summed E-state index contributed by atoms with van der Waals surface area (Å²) in [6, 6.07) is 6.26. The summed E-state index contributed by atoms with van der Waals surface area (Å²) in [6.07, 6.45) is 1.01. The number of aldehydes is 1. The first-order valence-corrected chi connectivity index (χ1v) is 5.71. The topological polar surface area (TPSA) is 41.1 Å². The van der Waals surface area contributed by atoms with Gasteiger partial charge in [0.1, 0.15) is 6.29 Å². The summed E-state index contributed by atoms with van der Waals surface area (Å²) < 4.78 is 1.08. The van der Waals surface area contributed by atoms with Crippen molar-refractivity contribution in [1.29, 1.82) is 0 Å². The molecule has 2 unspecified atom stereocenters. The molecule has 1 aromatic carbocycles. The minimum atomic E-state index is 0.0135. The summed E-state index contributed by atoms with van der Waals surface area (Å²) in [6.45, 7) is 2.74. The largest absolute Gasteiger partial charge is 0.303 e. The van der Waals surface area contributed by atoms with Gasteiger partial charge >= 0.3 is 0 Å². The van der Waals surface area contributed by atoms with Gasteiger partial charge in [-0.1, -0.05) is 28.1 Å². The third-order valence-electron chi connectivity index (χ3n) is 2.75. The van der Waals surface area contributed by atoms with E-state index in [1.807, 2.05) is 6.92 Å². The fraction of sp³-hybridized carbons (Fsp3) is 0.364. The minimum Gasteiger partial charge on any atom is -0.303 e. The lowest BCUT2D eigenvalue weighted by molar-refractivity contribution is -0.111. The summed E-state index contributed by atoms with van der Waals surface area (Å²) in [4.78, 5) is 10.9. The highest BCUT2D eigenvalue weighted by atomic mass is 79.9. The third-order valence-corrected chi connectivity index (χ3v) is 3.61. The van der Waals surface area contributed by atoms with Crippen molar-refractivity contribution in [3.8, 4) is 0 Å². The molecule has 1 saturated heterocycles. The summed E-state index contributed by atoms with van der Waals surface area (Å²) in [5.74, 6) is 0.0135. The van der Waals surface area contributed by atoms with Crippen LogP contribution < -0.4 is 10.9 Å². The van der Waals surface area contributed by atoms with Gasteiger partial charge < -0.3 is 4.79 Å². The Labute approximate surface area is 97.3 Å². The quantitative estimate of drug-likeness (QED) is 0.803. The number of carbonyl (C=O) groups excluding carboxylic acids is 1. The maximum Gasteiger partial charge on any atom is 0.126 e. The van der Waals surface area contributed by atoms with Crippen LogP contribution in [-0.4, -0.2) is 12.8 Å². The Balaban J connectivity index is 2.28. The molecule has 2 rings (SSSR count). The van der Waals surface area contributed by atoms with Gasteiger partial charge in [-0.2, -0.15) is 0 Å². The Morgan fingerprint density at radius 1 is 1.53 bits per heavy atom. The molecule has 3 nitrogen and oxygen atoms in total. The SMILES string of the molecule is Cc1ccc(C2NNCC2C=O)cc1Br. The Bertz CT molecular complexity index is 381. The lowest BCUT2D eigenvalue weighted by atomic mass is 9.96. The van der Waals surface area contributed by atoms with E-state index in [4.69, 9.17) is 0 Å². The van der Waals surface area contributed by atoms with Gasteiger partial charge in [-0.25, -0.2) is 5.43 Å². The predicted molar refractivity (Wildman–Crippen MR) is 62.3 cm³/mol. The molecule has 15 heavy (non-hydrogen) atoms. The van der Waals surface area contributed by atoms with Crippen LogP contribution in [0.5, 0.6) is 0 Å². The number of aryl methyl sites for hydroxylation is 1. The molecular weight excluding hydrogens is 256 g/mol. The molecule has 0 aromatic heterocycles. The minimum absolute atomic E-state index is 0.0135. The van der Waals surface area contributed by atoms with E-state index in [2.05, 4.69) is 45.0 Å². The first kappa shape index (κ1) is 10.8. The monoisotopic (exact) mass is 268 g/mol. The van der Waals surface area contributed by atoms with Gasteiger partial charge in [0.15, 0.2) is 0 Å². The lowest BCUT2D eigenvalue weighted by Gasteiger charge is -2.14. The number of hydrogen-bond donors (Lipinski definition) is 2. The van der Waals surface area contributed by atoms with E-state index < -0.39 is 0 Å². The first-order chi connectivity index (χ1) is 7.22. The van der Waals surface area contributed by atoms with Crippen LogP contribution in [0.15, 0.2) is 22.7 Å². The van der Waals surface area contributed by atoms with E-state index >= 15 is 0 Å². The number of hydrazine groups is 1. The highest BCUT2D eigenvalue weighted by Gasteiger charge is 2.27. The zero-order valence-corrected chi connectivity index (χ0v) is 10.0. The van der Waals surface area contributed by atoms with E-state index in [1.165, 1.54) is 5.56 Å². The molecular formula is C11H13BrN2O. The fourth-order valence-electron chi connectivity index (χ4n) is 1.77. The summed E-state index contributed by atoms with van der Waals surface area (Å²) in [5, 5.41) is 0. The van der Waals surface area contributed by atoms with Crippen LogP contribution in [0.4, 0.5) is 0 Å². The van der Waals surface area contributed by atoms with Crippen molar-refractivity contribution < 1.29 is 4.79 Å². The van der Waals surface area contributed by atoms with E-state index in [-0.39, 0.29) is 12.0 Å². The Hall–Kier alpha value is -0.710. The molecule has 2 atom stereocenters. The normalized spacial score (nSPS) is 25.5. The molecule has 1 aromatic rings. The second-order valence-electron chi connectivity index (χ2n) is 3.81. The van der Waals surface area contributed by atoms with Crippen LogP contribution in [-0.2, 0) is 4.79 Å². The van der Waals surface area contributed by atoms with Crippen molar-refractivity contribution in [2.24, 2.45) is 5.92 Å². The van der Waals surface area contributed by atoms with E-state index in [1.54, 1.807) is 0 Å². The Morgan fingerprint density at radius 2 is 2.33 bits per heavy atom. The number of carbonyl (C=O) groups is 1. The van der Waals surface area contributed by atoms with Gasteiger partial charge in [-0.05, 0) is 24.1 Å². The second kappa shape index (κ2) is 4.43. The van der Waals surface area contributed by atoms with Crippen molar-refractivity contribution in [1.82, 2.24) is 10.9 Å². The Morgan fingerprint density at radius 3 is 3.00 bits per heavy atom. The molecule has 1 heterocycles. The van der Waals surface area contributed by atoms with Crippen LogP contribution in [0.25, 0.3) is 0 Å². The van der Waals surface area contributed by atoms with Crippen LogP contribution in [0, 0.1) is 12.8 Å². The Kier molecular flexibility index (Phi) is 3.19. The predicted octanol–water partition coefficient (Wildman–Crippen LogP) is 1.72. The average Bonchev–Trinajstić information content (AvgIpc) is 2.70. The van der Waals surface area contributed by atoms with Crippen LogP contribution >= 0.6 is 15.9 Å². The number of benzene rings is 1. The molecule has 0 bridgehead atoms. The standard InChI is InChI=1S/C11H13BrN2O/c1-7-2-3-8(4-10(7)12)11-9(6-15)5-13-14-11/h2-4,6,9,11,13-14H,5H2,1H3. The lowest BCUT2D eigenvalue weighted by Crippen LogP contribution is -2.25. The van der Waals surface area contributed by atoms with Gasteiger partial charge in [0.25, 0.3) is 0 Å². The number of hydrogen-bond acceptors (Lipinski definition) is 3. The molecule has 0 amide bonds. The molecule has 1 fully saturated rings. The zero-order valence-electron chi connectivity index (χ0n) is 8.46. The molecule has 4 heteroatoms. The maximum atomic E-state index is 10.9. The van der Waals surface area contributed by atoms with Crippen molar-refractivity contribution in [3.05, 3.63) is 33.8 Å². The smallest absolute Gasteiger partial charge is 0.126 e. The van der Waals surface area contributed by atoms with Crippen molar-refractivity contribution >= 4 is 22.2 Å². The molecule has 1 aliphatic heterocycles. The van der Waals surface area contributed by atoms with Gasteiger partial charge in [-0.15, -0.1) is 0 Å². The van der Waals surface area contributed by atoms with Crippen molar-refractivity contribution in [2.45, 2.75) is 13.0 Å². The molecule has 80 valence electrons. The van der Waals surface area contributed by atoms with Crippen LogP contribution in [0.2, 0.25) is 0 Å². The summed E-state index contributed by atoms with van der Waals surface area (Å²) in [7, 11) is 0. The maximum absolute atomic E-state index is 10.9. The highest BCUT2D eigenvalue weighted by molar-refractivity contribution is 9.10. The second-order valence-corrected chi connectivity index (χ2v) is 4.67. The fourth-order valence-corrected chi connectivity index (χ4v) is 2.17. The van der Waals surface area contributed by atoms with Crippen LogP contribution in [0.3, 0.4) is 0 Å². The van der Waals surface area contributed by atoms with E-state index in [9.17, 15) is 4.79 Å².